The zero-order chi connectivity index (χ0) is 19.7. The van der Waals surface area contributed by atoms with E-state index in [1.807, 2.05) is 0 Å². The Kier molecular flexibility index (Phi) is 9.44. The van der Waals surface area contributed by atoms with Gasteiger partial charge in [-0.2, -0.15) is 4.31 Å². The van der Waals surface area contributed by atoms with E-state index < -0.39 is 39.5 Å². The molecular formula is C8H12O15P2. The summed E-state index contributed by atoms with van der Waals surface area (Å²) in [5, 5.41) is 0. The number of carbonyl (C=O) groups excluding carboxylic acids is 4. The van der Waals surface area contributed by atoms with Crippen molar-refractivity contribution in [2.24, 2.45) is 0 Å². The van der Waals surface area contributed by atoms with Gasteiger partial charge >= 0.3 is 39.5 Å². The van der Waals surface area contributed by atoms with Crippen LogP contribution in [0.4, 0.5) is 0 Å². The summed E-state index contributed by atoms with van der Waals surface area (Å²) in [5.41, 5.74) is 0. The van der Waals surface area contributed by atoms with E-state index in [0.717, 1.165) is 27.7 Å². The molecule has 0 aliphatic heterocycles. The third-order valence-electron chi connectivity index (χ3n) is 1.18. The standard InChI is InChI=1S/C8H12O15P2/c1-5(9)15-19-24(13,20-16-6(2)10)23-25(14,21-17-7(3)11)22-18-8(4)12/h1-4H3. The highest BCUT2D eigenvalue weighted by Gasteiger charge is 2.48. The van der Waals surface area contributed by atoms with Crippen LogP contribution in [0.25, 0.3) is 0 Å². The van der Waals surface area contributed by atoms with Crippen molar-refractivity contribution in [3.05, 3.63) is 0 Å². The van der Waals surface area contributed by atoms with Gasteiger partial charge in [0.25, 0.3) is 0 Å². The third kappa shape index (κ3) is 11.3. The predicted octanol–water partition coefficient (Wildman–Crippen LogP) is 1.20. The van der Waals surface area contributed by atoms with Gasteiger partial charge in [-0.05, 0) is 0 Å². The van der Waals surface area contributed by atoms with Crippen LogP contribution in [-0.4, -0.2) is 23.9 Å². The second kappa shape index (κ2) is 10.2. The summed E-state index contributed by atoms with van der Waals surface area (Å²) in [5.74, 6) is -4.75. The number of hydrogen-bond donors (Lipinski definition) is 0. The van der Waals surface area contributed by atoms with E-state index in [9.17, 15) is 28.3 Å². The lowest BCUT2D eigenvalue weighted by Gasteiger charge is -2.17. The molecule has 0 unspecified atom stereocenters. The van der Waals surface area contributed by atoms with Crippen LogP contribution in [0.15, 0.2) is 0 Å². The van der Waals surface area contributed by atoms with Crippen molar-refractivity contribution in [2.75, 3.05) is 0 Å². The van der Waals surface area contributed by atoms with Gasteiger partial charge in [-0.3, -0.25) is 19.6 Å². The van der Waals surface area contributed by atoms with Gasteiger partial charge < -0.3 is 0 Å². The maximum atomic E-state index is 12.1. The fourth-order valence-electron chi connectivity index (χ4n) is 0.594. The van der Waals surface area contributed by atoms with E-state index in [-0.39, 0.29) is 0 Å². The molecule has 0 aromatic rings. The van der Waals surface area contributed by atoms with Crippen molar-refractivity contribution < 1.29 is 70.9 Å². The van der Waals surface area contributed by atoms with E-state index in [4.69, 9.17) is 0 Å². The molecule has 0 saturated heterocycles. The Balaban J connectivity index is 5.37. The molecule has 0 rings (SSSR count). The molecule has 0 N–H and O–H groups in total. The van der Waals surface area contributed by atoms with Crippen LogP contribution in [0.2, 0.25) is 0 Å². The normalized spacial score (nSPS) is 11.4. The lowest BCUT2D eigenvalue weighted by molar-refractivity contribution is -0.270. The van der Waals surface area contributed by atoms with Crippen LogP contribution in [0.1, 0.15) is 27.7 Å². The van der Waals surface area contributed by atoms with Gasteiger partial charge in [-0.25, -0.2) is 28.3 Å². The molecule has 0 aliphatic carbocycles. The summed E-state index contributed by atoms with van der Waals surface area (Å²) in [6.45, 7) is 3.17. The highest BCUT2D eigenvalue weighted by atomic mass is 31.3. The van der Waals surface area contributed by atoms with Crippen molar-refractivity contribution in [2.45, 2.75) is 27.7 Å². The summed E-state index contributed by atoms with van der Waals surface area (Å²) in [4.78, 5) is 58.0. The molecule has 0 heterocycles. The number of carbonyl (C=O) groups is 4. The Bertz CT molecular complexity index is 515. The van der Waals surface area contributed by atoms with Gasteiger partial charge in [0.2, 0.25) is 0 Å². The largest absolute Gasteiger partial charge is 0.556 e. The Morgan fingerprint density at radius 2 is 0.720 bits per heavy atom. The van der Waals surface area contributed by atoms with Crippen molar-refractivity contribution in [1.82, 2.24) is 0 Å². The summed E-state index contributed by atoms with van der Waals surface area (Å²) >= 11 is 0. The molecule has 0 spiro atoms. The molecule has 0 aromatic heterocycles. The minimum Gasteiger partial charge on any atom is -0.288 e. The van der Waals surface area contributed by atoms with Crippen LogP contribution < -0.4 is 0 Å². The minimum absolute atomic E-state index is 0.792. The first kappa shape index (κ1) is 23.1. The molecule has 0 radical (unpaired) electrons. The Labute approximate surface area is 139 Å². The van der Waals surface area contributed by atoms with Crippen LogP contribution in [0.5, 0.6) is 0 Å². The molecule has 25 heavy (non-hydrogen) atoms. The molecule has 15 nitrogen and oxygen atoms in total. The average molecular weight is 410 g/mol. The monoisotopic (exact) mass is 410 g/mol. The van der Waals surface area contributed by atoms with Crippen LogP contribution in [0.3, 0.4) is 0 Å². The highest BCUT2D eigenvalue weighted by Crippen LogP contribution is 2.66. The third-order valence-corrected chi connectivity index (χ3v) is 3.81. The van der Waals surface area contributed by atoms with E-state index in [0.29, 0.717) is 0 Å². The topological polar surface area (TPSA) is 185 Å². The Morgan fingerprint density at radius 1 is 0.520 bits per heavy atom. The summed E-state index contributed by atoms with van der Waals surface area (Å²) < 4.78 is 44.0. The van der Waals surface area contributed by atoms with Gasteiger partial charge in [0, 0.05) is 27.7 Å². The van der Waals surface area contributed by atoms with Gasteiger partial charge in [0.05, 0.1) is 0 Å². The predicted molar refractivity (Wildman–Crippen MR) is 67.7 cm³/mol. The second-order valence-corrected chi connectivity index (χ2v) is 6.61. The average Bonchev–Trinajstić information content (AvgIpc) is 2.48. The van der Waals surface area contributed by atoms with E-state index >= 15 is 0 Å². The quantitative estimate of drug-likeness (QED) is 0.284. The lowest BCUT2D eigenvalue weighted by atomic mass is 10.9. The van der Waals surface area contributed by atoms with E-state index in [1.165, 1.54) is 0 Å². The molecule has 0 aromatic carbocycles. The van der Waals surface area contributed by atoms with E-state index in [1.54, 1.807) is 0 Å². The molecule has 17 heteroatoms. The van der Waals surface area contributed by atoms with Gasteiger partial charge in [0.1, 0.15) is 0 Å². The summed E-state index contributed by atoms with van der Waals surface area (Å²) in [6.07, 6.45) is 0. The molecular weight excluding hydrogens is 398 g/mol. The summed E-state index contributed by atoms with van der Waals surface area (Å²) in [6, 6.07) is 0. The van der Waals surface area contributed by atoms with E-state index in [2.05, 4.69) is 42.6 Å². The SMILES string of the molecule is CC(=O)OOP(=O)(OOC(C)=O)OP(=O)(OOC(C)=O)OOC(C)=O. The molecule has 0 atom stereocenters. The van der Waals surface area contributed by atoms with Gasteiger partial charge in [-0.1, -0.05) is 18.7 Å². The number of rotatable bonds is 10. The Morgan fingerprint density at radius 3 is 0.880 bits per heavy atom. The number of phosphoric acid groups is 2. The first-order valence-electron chi connectivity index (χ1n) is 5.76. The zero-order valence-electron chi connectivity index (χ0n) is 13.0. The Hall–Kier alpha value is -1.86. The van der Waals surface area contributed by atoms with Gasteiger partial charge in [0.15, 0.2) is 0 Å². The molecule has 0 saturated carbocycles. The molecule has 0 amide bonds. The fraction of sp³-hybridized carbons (Fsp3) is 0.500. The highest BCUT2D eigenvalue weighted by molar-refractivity contribution is 7.62. The second-order valence-electron chi connectivity index (χ2n) is 3.57. The van der Waals surface area contributed by atoms with Crippen LogP contribution >= 0.6 is 15.6 Å². The summed E-state index contributed by atoms with van der Waals surface area (Å²) in [7, 11) is -10.7. The minimum atomic E-state index is -5.35. The first-order valence-corrected chi connectivity index (χ1v) is 8.68. The smallest absolute Gasteiger partial charge is 0.288 e. The molecule has 0 aliphatic rings. The molecule has 0 bridgehead atoms. The van der Waals surface area contributed by atoms with Crippen LogP contribution in [0, 0.1) is 0 Å². The molecule has 144 valence electrons. The maximum absolute atomic E-state index is 12.1. The maximum Gasteiger partial charge on any atom is 0.556 e. The van der Waals surface area contributed by atoms with Crippen molar-refractivity contribution >= 4 is 39.5 Å². The van der Waals surface area contributed by atoms with Crippen LogP contribution in [-0.2, 0) is 70.9 Å². The first-order chi connectivity index (χ1) is 11.4. The van der Waals surface area contributed by atoms with Gasteiger partial charge in [-0.15, -0.1) is 0 Å². The van der Waals surface area contributed by atoms with Crippen molar-refractivity contribution in [3.8, 4) is 0 Å². The fourth-order valence-corrected chi connectivity index (χ4v) is 2.84. The van der Waals surface area contributed by atoms with Crippen molar-refractivity contribution in [1.29, 1.82) is 0 Å². The number of hydrogen-bond acceptors (Lipinski definition) is 15. The molecule has 0 fully saturated rings. The van der Waals surface area contributed by atoms with Crippen molar-refractivity contribution in [3.63, 3.8) is 0 Å². The zero-order valence-corrected chi connectivity index (χ0v) is 14.8. The lowest BCUT2D eigenvalue weighted by Crippen LogP contribution is -2.10.